The average Bonchev–Trinajstić information content (AvgIpc) is 1.36. The van der Waals surface area contributed by atoms with Crippen molar-refractivity contribution in [1.82, 2.24) is 0 Å². The molecular formula is C101H122O20S. The molecule has 11 heterocycles. The van der Waals surface area contributed by atoms with Crippen molar-refractivity contribution >= 4 is 50.0 Å². The summed E-state index contributed by atoms with van der Waals surface area (Å²) in [5, 5.41) is 6.93. The summed E-state index contributed by atoms with van der Waals surface area (Å²) in [6.07, 6.45) is 12.8. The van der Waals surface area contributed by atoms with Crippen LogP contribution >= 0.6 is 11.8 Å². The summed E-state index contributed by atoms with van der Waals surface area (Å²) < 4.78 is 135. The van der Waals surface area contributed by atoms with E-state index in [0.717, 1.165) is 57.0 Å². The number of carbonyl (C=O) groups is 1. The van der Waals surface area contributed by atoms with Gasteiger partial charge in [0, 0.05) is 62.0 Å². The maximum atomic E-state index is 13.2. The molecule has 20 nitrogen and oxygen atoms in total. The monoisotopic (exact) mass is 1690 g/mol. The van der Waals surface area contributed by atoms with Crippen LogP contribution in [-0.4, -0.2) is 204 Å². The number of fused-ring (bicyclic) bond motifs is 11. The van der Waals surface area contributed by atoms with E-state index in [9.17, 15) is 4.79 Å². The molecule has 11 aliphatic heterocycles. The van der Waals surface area contributed by atoms with Crippen LogP contribution in [0.3, 0.4) is 0 Å². The van der Waals surface area contributed by atoms with Crippen LogP contribution in [0.4, 0.5) is 0 Å². The van der Waals surface area contributed by atoms with E-state index in [1.807, 2.05) is 13.0 Å². The minimum absolute atomic E-state index is 0.0552. The molecular weight excluding hydrogens is 1570 g/mol. The number of rotatable bonds is 26. The predicted molar refractivity (Wildman–Crippen MR) is 464 cm³/mol. The number of hydrogen-bond acceptors (Lipinski definition) is 21. The largest absolute Gasteiger partial charge is 0.495 e. The molecule has 122 heavy (non-hydrogen) atoms. The average molecular weight is 1690 g/mol. The first-order chi connectivity index (χ1) is 59.7. The molecule has 8 saturated heterocycles. The van der Waals surface area contributed by atoms with Crippen LogP contribution in [0.15, 0.2) is 211 Å². The fourth-order valence-corrected chi connectivity index (χ4v) is 22.2. The highest BCUT2D eigenvalue weighted by molar-refractivity contribution is 7.99. The van der Waals surface area contributed by atoms with Gasteiger partial charge in [-0.15, -0.1) is 0 Å². The summed E-state index contributed by atoms with van der Waals surface area (Å²) >= 11 is 1.63. The molecule has 1 spiro atoms. The van der Waals surface area contributed by atoms with Crippen molar-refractivity contribution in [1.29, 1.82) is 0 Å². The first-order valence-electron chi connectivity index (χ1n) is 45.1. The van der Waals surface area contributed by atoms with Gasteiger partial charge in [-0.05, 0) is 144 Å². The molecule has 0 saturated carbocycles. The zero-order valence-corrected chi connectivity index (χ0v) is 72.3. The third-order valence-corrected chi connectivity index (χ3v) is 28.9. The van der Waals surface area contributed by atoms with Crippen molar-refractivity contribution in [2.75, 3.05) is 46.8 Å². The molecule has 0 bridgehead atoms. The molecule has 7 aromatic carbocycles. The van der Waals surface area contributed by atoms with Crippen LogP contribution in [-0.2, 0) is 115 Å². The van der Waals surface area contributed by atoms with Gasteiger partial charge < -0.3 is 90.0 Å². The maximum Gasteiger partial charge on any atom is 0.333 e. The molecule has 0 N–H and O–H groups in total. The number of carbonyl (C=O) groups excluding carboxylic acids is 1. The number of thioether (sulfide) groups is 1. The van der Waals surface area contributed by atoms with E-state index in [-0.39, 0.29) is 97.4 Å². The molecule has 0 amide bonds. The number of ether oxygens (including phenoxy) is 19. The minimum atomic E-state index is -1.24. The zero-order chi connectivity index (χ0) is 83.3. The molecule has 1 unspecified atom stereocenters. The Morgan fingerprint density at radius 1 is 0.541 bits per heavy atom. The number of benzene rings is 7. The topological polar surface area (TPSA) is 192 Å². The third kappa shape index (κ3) is 19.2. The smallest absolute Gasteiger partial charge is 0.333 e. The predicted octanol–water partition coefficient (Wildman–Crippen LogP) is 17.4. The van der Waals surface area contributed by atoms with E-state index < -0.39 is 89.9 Å². The molecule has 11 aliphatic rings. The Morgan fingerprint density at radius 3 is 1.86 bits per heavy atom. The molecule has 0 aliphatic carbocycles. The summed E-state index contributed by atoms with van der Waals surface area (Å²) in [6, 6.07) is 55.2. The second-order valence-corrected chi connectivity index (χ2v) is 37.0. The fourth-order valence-electron chi connectivity index (χ4n) is 21.1. The highest BCUT2D eigenvalue weighted by atomic mass is 32.2. The normalized spacial score (nSPS) is 37.0. The summed E-state index contributed by atoms with van der Waals surface area (Å²) in [7, 11) is 1.36. The Bertz CT molecular complexity index is 4750. The van der Waals surface area contributed by atoms with Gasteiger partial charge in [0.25, 0.3) is 0 Å². The van der Waals surface area contributed by atoms with Gasteiger partial charge in [-0.2, -0.15) is 0 Å². The Kier molecular flexibility index (Phi) is 27.6. The molecule has 29 atom stereocenters. The van der Waals surface area contributed by atoms with Gasteiger partial charge >= 0.3 is 5.97 Å². The van der Waals surface area contributed by atoms with E-state index in [2.05, 4.69) is 223 Å². The van der Waals surface area contributed by atoms with Crippen molar-refractivity contribution in [2.24, 2.45) is 23.7 Å². The summed E-state index contributed by atoms with van der Waals surface area (Å²) in [5.41, 5.74) is 1.32. The third-order valence-electron chi connectivity index (χ3n) is 27.8. The van der Waals surface area contributed by atoms with E-state index >= 15 is 0 Å². The first kappa shape index (κ1) is 86.0. The number of hydrogen-bond donors (Lipinski definition) is 0. The molecule has 652 valence electrons. The Labute approximate surface area is 722 Å². The van der Waals surface area contributed by atoms with Crippen LogP contribution in [0, 0.1) is 23.7 Å². The van der Waals surface area contributed by atoms with Gasteiger partial charge in [-0.1, -0.05) is 203 Å². The summed E-state index contributed by atoms with van der Waals surface area (Å²) in [4.78, 5) is 14.2. The van der Waals surface area contributed by atoms with Crippen molar-refractivity contribution in [3.8, 4) is 0 Å². The maximum absolute atomic E-state index is 13.2. The van der Waals surface area contributed by atoms with Crippen LogP contribution in [0.2, 0.25) is 0 Å². The van der Waals surface area contributed by atoms with Gasteiger partial charge in [0.15, 0.2) is 5.79 Å². The van der Waals surface area contributed by atoms with Gasteiger partial charge in [-0.3, -0.25) is 0 Å². The van der Waals surface area contributed by atoms with E-state index in [1.54, 1.807) is 11.8 Å². The van der Waals surface area contributed by atoms with Crippen LogP contribution in [0.1, 0.15) is 129 Å². The van der Waals surface area contributed by atoms with Crippen LogP contribution < -0.4 is 0 Å². The Morgan fingerprint density at radius 2 is 1.16 bits per heavy atom. The van der Waals surface area contributed by atoms with Crippen LogP contribution in [0.5, 0.6) is 0 Å². The lowest BCUT2D eigenvalue weighted by Gasteiger charge is -2.54. The number of methoxy groups -OCH3 is 1. The summed E-state index contributed by atoms with van der Waals surface area (Å²) in [5.74, 6) is -1.20. The second kappa shape index (κ2) is 39.2. The van der Waals surface area contributed by atoms with E-state index in [4.69, 9.17) is 90.0 Å². The molecule has 21 heteroatoms. The highest BCUT2D eigenvalue weighted by Crippen LogP contribution is 2.53. The van der Waals surface area contributed by atoms with Gasteiger partial charge in [-0.25, -0.2) is 4.79 Å². The van der Waals surface area contributed by atoms with Crippen molar-refractivity contribution < 1.29 is 94.8 Å². The quantitative estimate of drug-likeness (QED) is 0.00944. The van der Waals surface area contributed by atoms with Gasteiger partial charge in [0.2, 0.25) is 0 Å². The highest BCUT2D eigenvalue weighted by Gasteiger charge is 2.63. The fraction of sp³-hybridized carbons (Fsp3) is 0.554. The second-order valence-electron chi connectivity index (χ2n) is 35.8. The standard InChI is InChI=1S/C101H122O20S/c1-8-104-48-49-105-46-41-80-77(32-20-31-76-78(112-80)39-40-79-83(113-76)55-88-97(117-79)98(96-81(114-88)30-18-19-44-107-96)110-61-68-35-38-71-24-14-17-27-74(71)54-68)116-92(122-75-28-10-9-11-29-75)58-90(108-59-66-33-36-69-22-12-15-25-72(69)52-66)100(6)89(106-47-42-91(102)103-7)57-85-86(120-100)51-62(2)50-82-84(115-85)56-87-93(118-82)64(4)94(109-60-67-34-37-70-23-13-16-26-73(70)53-67)99-95(119-87)63(3)65(5)101(121-99)43-21-45-111-101/h9-20,22-29,32-40,42,47,52-54,62-65,76-90,92-99H,8,21,30-31,41,43-46,48-51,55-61H2,1-7H3/b32-20-,47-42+/t62-,63+,64-,65+,76-,77+,78+,79-,80-,81+,82+,83+,84-,85+,86-,87+,88-,89-,90-,92?,93-,94+,95-,96+,97-,98-,99+,100-,101-/m1/s1. The molecule has 0 radical (unpaired) electrons. The lowest BCUT2D eigenvalue weighted by Crippen LogP contribution is -2.64. The lowest BCUT2D eigenvalue weighted by molar-refractivity contribution is -0.342. The SMILES string of the molecule is CCOCCOCC[C@H]1O[C@H]2C=C[C@H]3O[C@H]4[C@H](OCc5ccc6ccccc6c5)[C@H]5OCC=CC[C@@H]5O[C@@H]4C[C@@H]3O[C@@H]2C/C=C\[C@@H]1OC(C[C@@H](OCc1ccc2ccccc2c1)[C@]1(C)O[C@@H]2C[C@H](C)C[C@@H]3O[C@@H]4[C@@H](C)[C@H](OCc5ccc6ccccc6c5)[C@@H]5O[C@]6(CCCO6)[C@@H](C)[C@H](C)[C@H]5O[C@H]4C[C@H]3O[C@H]2C[C@H]1O/C=C/C(=O)OC)Sc1ccccc1. The lowest BCUT2D eigenvalue weighted by atomic mass is 9.76. The molecule has 18 rings (SSSR count). The minimum Gasteiger partial charge on any atom is -0.495 e. The molecule has 8 fully saturated rings. The van der Waals surface area contributed by atoms with Gasteiger partial charge in [0.1, 0.15) is 59.9 Å². The van der Waals surface area contributed by atoms with Crippen molar-refractivity contribution in [3.63, 3.8) is 0 Å². The first-order valence-corrected chi connectivity index (χ1v) is 46.0. The van der Waals surface area contributed by atoms with Gasteiger partial charge in [0.05, 0.1) is 151 Å². The summed E-state index contributed by atoms with van der Waals surface area (Å²) in [6.45, 7) is 17.2. The number of esters is 1. The van der Waals surface area contributed by atoms with E-state index in [0.29, 0.717) is 104 Å². The zero-order valence-electron chi connectivity index (χ0n) is 71.4. The van der Waals surface area contributed by atoms with Crippen LogP contribution in [0.25, 0.3) is 32.3 Å². The Hall–Kier alpha value is -6.78. The van der Waals surface area contributed by atoms with Crippen molar-refractivity contribution in [2.45, 2.75) is 288 Å². The molecule has 7 aromatic rings. The molecule has 0 aromatic heterocycles. The van der Waals surface area contributed by atoms with E-state index in [1.165, 1.54) is 35.6 Å². The Balaban J connectivity index is 0.637. The van der Waals surface area contributed by atoms with Crippen molar-refractivity contribution in [3.05, 3.63) is 223 Å².